The van der Waals surface area contributed by atoms with E-state index in [-0.39, 0.29) is 11.6 Å². The summed E-state index contributed by atoms with van der Waals surface area (Å²) >= 11 is 0. The number of halogens is 1. The lowest BCUT2D eigenvalue weighted by molar-refractivity contribution is 0.601. The van der Waals surface area contributed by atoms with Gasteiger partial charge in [0.25, 0.3) is 0 Å². The minimum Gasteiger partial charge on any atom is -0.308 e. The molecule has 7 heteroatoms. The second-order valence-corrected chi connectivity index (χ2v) is 8.41. The summed E-state index contributed by atoms with van der Waals surface area (Å²) in [6, 6.07) is 13.8. The number of rotatable bonds is 7. The van der Waals surface area contributed by atoms with Crippen molar-refractivity contribution in [2.24, 2.45) is 0 Å². The van der Waals surface area contributed by atoms with Crippen molar-refractivity contribution in [3.05, 3.63) is 77.2 Å². The molecule has 3 rings (SSSR count). The standard InChI is InChI=1S/C19H20FN3O2S/c1-26(24,25)13-15-4-2-14(3-5-15)10-21-11-17-12-22-23-19(17)16-6-8-18(20)9-7-16/h2-9,12,21H,10-11,13H2,1H3,(H,22,23). The summed E-state index contributed by atoms with van der Waals surface area (Å²) in [5.41, 5.74) is 4.58. The Morgan fingerprint density at radius 2 is 1.65 bits per heavy atom. The SMILES string of the molecule is CS(=O)(=O)Cc1ccc(CNCc2cn[nH]c2-c2ccc(F)cc2)cc1. The molecule has 0 spiro atoms. The summed E-state index contributed by atoms with van der Waals surface area (Å²) in [7, 11) is -3.02. The van der Waals surface area contributed by atoms with Gasteiger partial charge in [0.05, 0.1) is 17.6 Å². The number of benzene rings is 2. The third-order valence-corrected chi connectivity index (χ3v) is 4.80. The number of aromatic amines is 1. The first-order valence-corrected chi connectivity index (χ1v) is 10.2. The van der Waals surface area contributed by atoms with Gasteiger partial charge in [0.1, 0.15) is 5.82 Å². The summed E-state index contributed by atoms with van der Waals surface area (Å²) in [5, 5.41) is 10.4. The summed E-state index contributed by atoms with van der Waals surface area (Å²) in [4.78, 5) is 0. The average molecular weight is 373 g/mol. The van der Waals surface area contributed by atoms with Crippen LogP contribution in [0.1, 0.15) is 16.7 Å². The van der Waals surface area contributed by atoms with E-state index in [0.29, 0.717) is 13.1 Å². The zero-order valence-corrected chi connectivity index (χ0v) is 15.2. The van der Waals surface area contributed by atoms with Crippen LogP contribution in [0.4, 0.5) is 4.39 Å². The molecular weight excluding hydrogens is 353 g/mol. The van der Waals surface area contributed by atoms with Crippen molar-refractivity contribution < 1.29 is 12.8 Å². The van der Waals surface area contributed by atoms with E-state index >= 15 is 0 Å². The van der Waals surface area contributed by atoms with Gasteiger partial charge in [-0.25, -0.2) is 12.8 Å². The van der Waals surface area contributed by atoms with Crippen molar-refractivity contribution in [3.63, 3.8) is 0 Å². The van der Waals surface area contributed by atoms with Crippen LogP contribution in [-0.2, 0) is 28.7 Å². The van der Waals surface area contributed by atoms with Crippen LogP contribution in [0.15, 0.2) is 54.7 Å². The Morgan fingerprint density at radius 1 is 1.00 bits per heavy atom. The van der Waals surface area contributed by atoms with Gasteiger partial charge in [0.2, 0.25) is 0 Å². The first-order chi connectivity index (χ1) is 12.4. The fraction of sp³-hybridized carbons (Fsp3) is 0.211. The Kier molecular flexibility index (Phi) is 5.49. The second-order valence-electron chi connectivity index (χ2n) is 6.27. The molecule has 0 unspecified atom stereocenters. The number of hydrogen-bond donors (Lipinski definition) is 2. The number of H-pyrrole nitrogens is 1. The average Bonchev–Trinajstić information content (AvgIpc) is 3.04. The number of nitrogens with zero attached hydrogens (tertiary/aromatic N) is 1. The Hall–Kier alpha value is -2.51. The zero-order valence-electron chi connectivity index (χ0n) is 14.4. The van der Waals surface area contributed by atoms with Crippen molar-refractivity contribution in [2.45, 2.75) is 18.8 Å². The van der Waals surface area contributed by atoms with Gasteiger partial charge in [-0.1, -0.05) is 24.3 Å². The molecule has 0 fully saturated rings. The predicted octanol–water partition coefficient (Wildman–Crippen LogP) is 3.05. The van der Waals surface area contributed by atoms with E-state index in [1.165, 1.54) is 18.4 Å². The molecule has 5 nitrogen and oxygen atoms in total. The molecule has 2 aromatic carbocycles. The van der Waals surface area contributed by atoms with E-state index in [1.807, 2.05) is 24.3 Å². The highest BCUT2D eigenvalue weighted by atomic mass is 32.2. The van der Waals surface area contributed by atoms with E-state index in [0.717, 1.165) is 27.9 Å². The van der Waals surface area contributed by atoms with E-state index in [2.05, 4.69) is 15.5 Å². The van der Waals surface area contributed by atoms with Gasteiger partial charge >= 0.3 is 0 Å². The first kappa shape index (κ1) is 18.3. The third kappa shape index (κ3) is 5.00. The first-order valence-electron chi connectivity index (χ1n) is 8.15. The highest BCUT2D eigenvalue weighted by molar-refractivity contribution is 7.89. The topological polar surface area (TPSA) is 74.8 Å². The summed E-state index contributed by atoms with van der Waals surface area (Å²) in [5.74, 6) is -0.219. The van der Waals surface area contributed by atoms with E-state index in [9.17, 15) is 12.8 Å². The van der Waals surface area contributed by atoms with Gasteiger partial charge in [-0.2, -0.15) is 5.10 Å². The van der Waals surface area contributed by atoms with Crippen molar-refractivity contribution in [3.8, 4) is 11.3 Å². The maximum Gasteiger partial charge on any atom is 0.151 e. The van der Waals surface area contributed by atoms with Gasteiger partial charge in [-0.15, -0.1) is 0 Å². The van der Waals surface area contributed by atoms with Crippen LogP contribution in [0.2, 0.25) is 0 Å². The number of hydrogen-bond acceptors (Lipinski definition) is 4. The lowest BCUT2D eigenvalue weighted by atomic mass is 10.1. The molecule has 0 atom stereocenters. The summed E-state index contributed by atoms with van der Waals surface area (Å²) < 4.78 is 35.7. The predicted molar refractivity (Wildman–Crippen MR) is 99.5 cm³/mol. The minimum atomic E-state index is -3.02. The van der Waals surface area contributed by atoms with Gasteiger partial charge in [-0.05, 0) is 35.4 Å². The normalized spacial score (nSPS) is 11.6. The maximum absolute atomic E-state index is 13.1. The Balaban J connectivity index is 1.59. The van der Waals surface area contributed by atoms with Gasteiger partial charge in [0.15, 0.2) is 9.84 Å². The molecule has 0 amide bonds. The molecule has 0 saturated carbocycles. The van der Waals surface area contributed by atoms with Gasteiger partial charge in [-0.3, -0.25) is 5.10 Å². The molecule has 0 radical (unpaired) electrons. The number of aromatic nitrogens is 2. The molecule has 0 aliphatic carbocycles. The molecule has 3 aromatic rings. The Bertz CT molecular complexity index is 965. The van der Waals surface area contributed by atoms with Crippen LogP contribution < -0.4 is 5.32 Å². The molecule has 2 N–H and O–H groups in total. The highest BCUT2D eigenvalue weighted by Crippen LogP contribution is 2.21. The minimum absolute atomic E-state index is 0.0523. The van der Waals surface area contributed by atoms with Crippen LogP contribution in [0.25, 0.3) is 11.3 Å². The molecule has 1 heterocycles. The Morgan fingerprint density at radius 3 is 2.31 bits per heavy atom. The molecule has 0 aliphatic rings. The van der Waals surface area contributed by atoms with E-state index in [1.54, 1.807) is 18.3 Å². The van der Waals surface area contributed by atoms with Crippen LogP contribution in [-0.4, -0.2) is 24.9 Å². The molecule has 0 saturated heterocycles. The summed E-state index contributed by atoms with van der Waals surface area (Å²) in [6.45, 7) is 1.25. The second kappa shape index (κ2) is 7.80. The van der Waals surface area contributed by atoms with Crippen molar-refractivity contribution in [1.82, 2.24) is 15.5 Å². The lowest BCUT2D eigenvalue weighted by Gasteiger charge is -2.07. The number of sulfone groups is 1. The Labute approximate surface area is 152 Å². The van der Waals surface area contributed by atoms with Crippen LogP contribution in [0, 0.1) is 5.82 Å². The zero-order chi connectivity index (χ0) is 18.6. The highest BCUT2D eigenvalue weighted by Gasteiger charge is 2.08. The fourth-order valence-corrected chi connectivity index (χ4v) is 3.51. The largest absolute Gasteiger partial charge is 0.308 e. The summed E-state index contributed by atoms with van der Waals surface area (Å²) in [6.07, 6.45) is 2.98. The van der Waals surface area contributed by atoms with Gasteiger partial charge < -0.3 is 5.32 Å². The smallest absolute Gasteiger partial charge is 0.151 e. The maximum atomic E-state index is 13.1. The van der Waals surface area contributed by atoms with Crippen molar-refractivity contribution in [2.75, 3.05) is 6.26 Å². The third-order valence-electron chi connectivity index (χ3n) is 3.95. The van der Waals surface area contributed by atoms with E-state index in [4.69, 9.17) is 0 Å². The molecule has 136 valence electrons. The van der Waals surface area contributed by atoms with Crippen molar-refractivity contribution >= 4 is 9.84 Å². The monoisotopic (exact) mass is 373 g/mol. The van der Waals surface area contributed by atoms with Crippen LogP contribution in [0.5, 0.6) is 0 Å². The van der Waals surface area contributed by atoms with Crippen molar-refractivity contribution in [1.29, 1.82) is 0 Å². The quantitative estimate of drug-likeness (QED) is 0.667. The van der Waals surface area contributed by atoms with Gasteiger partial charge in [0, 0.05) is 30.5 Å². The molecule has 1 aromatic heterocycles. The van der Waals surface area contributed by atoms with Crippen LogP contribution >= 0.6 is 0 Å². The molecule has 26 heavy (non-hydrogen) atoms. The number of nitrogens with one attached hydrogen (secondary N) is 2. The van der Waals surface area contributed by atoms with E-state index < -0.39 is 9.84 Å². The molecule has 0 aliphatic heterocycles. The van der Waals surface area contributed by atoms with Crippen LogP contribution in [0.3, 0.4) is 0 Å². The lowest BCUT2D eigenvalue weighted by Crippen LogP contribution is -2.13. The fourth-order valence-electron chi connectivity index (χ4n) is 2.71. The molecule has 0 bridgehead atoms. The molecular formula is C19H20FN3O2S.